The van der Waals surface area contributed by atoms with E-state index < -0.39 is 6.10 Å². The first-order valence-corrected chi connectivity index (χ1v) is 4.18. The summed E-state index contributed by atoms with van der Waals surface area (Å²) in [5.41, 5.74) is 1.49. The molecule has 1 atom stereocenters. The number of hydrogen-bond donors (Lipinski definition) is 0. The normalized spacial score (nSPS) is 19.7. The number of nitrogens with zero attached hydrogens (tertiary/aromatic N) is 2. The van der Waals surface area contributed by atoms with Gasteiger partial charge in [0.15, 0.2) is 0 Å². The summed E-state index contributed by atoms with van der Waals surface area (Å²) in [5, 5.41) is 12.3. The van der Waals surface area contributed by atoms with E-state index >= 15 is 0 Å². The first-order chi connectivity index (χ1) is 6.79. The molecule has 0 radical (unpaired) electrons. The van der Waals surface area contributed by atoms with Crippen LogP contribution in [0.25, 0.3) is 0 Å². The van der Waals surface area contributed by atoms with E-state index in [1.165, 1.54) is 12.1 Å². The topological polar surface area (TPSA) is 45.4 Å². The summed E-state index contributed by atoms with van der Waals surface area (Å²) in [6.45, 7) is 0. The van der Waals surface area contributed by atoms with Gasteiger partial charge in [-0.2, -0.15) is 5.26 Å². The number of nitriles is 1. The summed E-state index contributed by atoms with van der Waals surface area (Å²) in [5.74, 6) is -0.287. The van der Waals surface area contributed by atoms with Crippen molar-refractivity contribution in [2.75, 3.05) is 0 Å². The Kier molecular flexibility index (Phi) is 2.15. The van der Waals surface area contributed by atoms with E-state index in [1.54, 1.807) is 12.1 Å². The van der Waals surface area contributed by atoms with Gasteiger partial charge < -0.3 is 4.84 Å². The van der Waals surface area contributed by atoms with E-state index in [4.69, 9.17) is 10.1 Å². The third kappa shape index (κ3) is 1.57. The molecule has 0 saturated heterocycles. The second-order valence-electron chi connectivity index (χ2n) is 2.97. The smallest absolute Gasteiger partial charge is 0.218 e. The predicted molar refractivity (Wildman–Crippen MR) is 48.0 cm³/mol. The number of hydrogen-bond acceptors (Lipinski definition) is 3. The Labute approximate surface area is 80.4 Å². The van der Waals surface area contributed by atoms with Crippen molar-refractivity contribution in [3.05, 3.63) is 35.6 Å². The first-order valence-electron chi connectivity index (χ1n) is 4.18. The van der Waals surface area contributed by atoms with Crippen molar-refractivity contribution >= 4 is 5.71 Å². The van der Waals surface area contributed by atoms with Crippen LogP contribution in [-0.2, 0) is 4.84 Å². The Morgan fingerprint density at radius 1 is 1.43 bits per heavy atom. The molecule has 1 aliphatic heterocycles. The molecule has 70 valence electrons. The molecular formula is C10H7FN2O. The minimum atomic E-state index is -0.505. The molecule has 4 heteroatoms. The molecule has 0 unspecified atom stereocenters. The molecule has 0 aliphatic carbocycles. The lowest BCUT2D eigenvalue weighted by Gasteiger charge is -1.97. The van der Waals surface area contributed by atoms with Crippen LogP contribution in [-0.4, -0.2) is 11.8 Å². The van der Waals surface area contributed by atoms with Gasteiger partial charge >= 0.3 is 0 Å². The van der Waals surface area contributed by atoms with Gasteiger partial charge in [0, 0.05) is 6.42 Å². The standard InChI is InChI=1S/C10H7FN2O/c11-8-3-1-7(2-4-8)10-5-9(6-12)14-13-10/h1-4,9H,5H2/t9-/m0/s1. The average Bonchev–Trinajstić information content (AvgIpc) is 2.67. The maximum Gasteiger partial charge on any atom is 0.218 e. The van der Waals surface area contributed by atoms with Crippen LogP contribution >= 0.6 is 0 Å². The Morgan fingerprint density at radius 3 is 2.71 bits per heavy atom. The fourth-order valence-corrected chi connectivity index (χ4v) is 1.26. The molecule has 0 spiro atoms. The number of oxime groups is 1. The predicted octanol–water partition coefficient (Wildman–Crippen LogP) is 1.84. The van der Waals surface area contributed by atoms with E-state index in [-0.39, 0.29) is 5.82 Å². The molecule has 0 N–H and O–H groups in total. The molecule has 1 aromatic carbocycles. The third-order valence-corrected chi connectivity index (χ3v) is 1.99. The molecule has 0 amide bonds. The molecular weight excluding hydrogens is 183 g/mol. The van der Waals surface area contributed by atoms with Crippen LogP contribution in [0.3, 0.4) is 0 Å². The van der Waals surface area contributed by atoms with Crippen molar-refractivity contribution < 1.29 is 9.23 Å². The highest BCUT2D eigenvalue weighted by Gasteiger charge is 2.21. The van der Waals surface area contributed by atoms with Gasteiger partial charge in [-0.05, 0) is 17.7 Å². The van der Waals surface area contributed by atoms with Crippen molar-refractivity contribution in [3.8, 4) is 6.07 Å². The fraction of sp³-hybridized carbons (Fsp3) is 0.200. The van der Waals surface area contributed by atoms with E-state index in [2.05, 4.69) is 5.16 Å². The fourth-order valence-electron chi connectivity index (χ4n) is 1.26. The van der Waals surface area contributed by atoms with E-state index in [1.807, 2.05) is 6.07 Å². The lowest BCUT2D eigenvalue weighted by Crippen LogP contribution is -2.04. The zero-order valence-corrected chi connectivity index (χ0v) is 7.27. The first kappa shape index (κ1) is 8.70. The monoisotopic (exact) mass is 190 g/mol. The summed E-state index contributed by atoms with van der Waals surface area (Å²) >= 11 is 0. The lowest BCUT2D eigenvalue weighted by molar-refractivity contribution is 0.125. The highest BCUT2D eigenvalue weighted by Crippen LogP contribution is 2.16. The maximum absolute atomic E-state index is 12.6. The van der Waals surface area contributed by atoms with Crippen LogP contribution < -0.4 is 0 Å². The van der Waals surface area contributed by atoms with Crippen LogP contribution in [0, 0.1) is 17.1 Å². The highest BCUT2D eigenvalue weighted by molar-refractivity contribution is 6.01. The number of benzene rings is 1. The molecule has 2 rings (SSSR count). The zero-order chi connectivity index (χ0) is 9.97. The minimum Gasteiger partial charge on any atom is -0.376 e. The molecule has 0 fully saturated rings. The Balaban J connectivity index is 2.18. The van der Waals surface area contributed by atoms with E-state index in [9.17, 15) is 4.39 Å². The van der Waals surface area contributed by atoms with E-state index in [0.717, 1.165) is 5.56 Å². The largest absolute Gasteiger partial charge is 0.376 e. The summed E-state index contributed by atoms with van der Waals surface area (Å²) in [6.07, 6.45) is -0.0441. The summed E-state index contributed by atoms with van der Waals surface area (Å²) in [6, 6.07) is 7.93. The molecule has 0 aromatic heterocycles. The van der Waals surface area contributed by atoms with Gasteiger partial charge in [0.25, 0.3) is 0 Å². The molecule has 3 nitrogen and oxygen atoms in total. The Bertz CT molecular complexity index is 405. The Morgan fingerprint density at radius 2 is 2.14 bits per heavy atom. The summed E-state index contributed by atoms with van der Waals surface area (Å²) < 4.78 is 12.6. The molecule has 0 saturated carbocycles. The van der Waals surface area contributed by atoms with Crippen molar-refractivity contribution in [1.29, 1.82) is 5.26 Å². The van der Waals surface area contributed by atoms with Gasteiger partial charge in [-0.15, -0.1) is 0 Å². The zero-order valence-electron chi connectivity index (χ0n) is 7.27. The van der Waals surface area contributed by atoms with Gasteiger partial charge in [-0.25, -0.2) is 4.39 Å². The molecule has 1 heterocycles. The quantitative estimate of drug-likeness (QED) is 0.678. The molecule has 14 heavy (non-hydrogen) atoms. The van der Waals surface area contributed by atoms with Crippen LogP contribution in [0.4, 0.5) is 4.39 Å². The van der Waals surface area contributed by atoms with Gasteiger partial charge in [0.2, 0.25) is 6.10 Å². The Hall–Kier alpha value is -1.89. The van der Waals surface area contributed by atoms with E-state index in [0.29, 0.717) is 12.1 Å². The van der Waals surface area contributed by atoms with Crippen LogP contribution in [0.1, 0.15) is 12.0 Å². The molecule has 0 bridgehead atoms. The van der Waals surface area contributed by atoms with Crippen molar-refractivity contribution in [2.24, 2.45) is 5.16 Å². The second kappa shape index (κ2) is 3.46. The van der Waals surface area contributed by atoms with Crippen molar-refractivity contribution in [2.45, 2.75) is 12.5 Å². The summed E-state index contributed by atoms with van der Waals surface area (Å²) in [7, 11) is 0. The number of halogens is 1. The average molecular weight is 190 g/mol. The minimum absolute atomic E-state index is 0.287. The third-order valence-electron chi connectivity index (χ3n) is 1.99. The van der Waals surface area contributed by atoms with Crippen LogP contribution in [0.15, 0.2) is 29.4 Å². The maximum atomic E-state index is 12.6. The van der Waals surface area contributed by atoms with Crippen LogP contribution in [0.2, 0.25) is 0 Å². The van der Waals surface area contributed by atoms with Gasteiger partial charge in [0.1, 0.15) is 11.9 Å². The molecule has 1 aromatic rings. The lowest BCUT2D eigenvalue weighted by atomic mass is 10.1. The van der Waals surface area contributed by atoms with Crippen molar-refractivity contribution in [1.82, 2.24) is 0 Å². The van der Waals surface area contributed by atoms with Gasteiger partial charge in [0.05, 0.1) is 5.71 Å². The molecule has 1 aliphatic rings. The summed E-state index contributed by atoms with van der Waals surface area (Å²) in [4.78, 5) is 4.83. The second-order valence-corrected chi connectivity index (χ2v) is 2.97. The SMILES string of the molecule is N#C[C@@H]1CC(c2ccc(F)cc2)=NO1. The van der Waals surface area contributed by atoms with Gasteiger partial charge in [-0.3, -0.25) is 0 Å². The van der Waals surface area contributed by atoms with Crippen molar-refractivity contribution in [3.63, 3.8) is 0 Å². The highest BCUT2D eigenvalue weighted by atomic mass is 19.1. The number of rotatable bonds is 1. The van der Waals surface area contributed by atoms with Crippen LogP contribution in [0.5, 0.6) is 0 Å². The van der Waals surface area contributed by atoms with Gasteiger partial charge in [-0.1, -0.05) is 17.3 Å².